The van der Waals surface area contributed by atoms with Crippen molar-refractivity contribution >= 4 is 11.4 Å². The molecule has 22 heavy (non-hydrogen) atoms. The number of hydrogen-bond acceptors (Lipinski definition) is 5. The molecule has 0 aliphatic rings. The van der Waals surface area contributed by atoms with E-state index in [9.17, 15) is 0 Å². The number of nitrogens with two attached hydrogens (primary N) is 2. The van der Waals surface area contributed by atoms with E-state index in [0.717, 1.165) is 22.6 Å². The minimum absolute atomic E-state index is 0.624. The van der Waals surface area contributed by atoms with Gasteiger partial charge >= 0.3 is 0 Å². The summed E-state index contributed by atoms with van der Waals surface area (Å²) >= 11 is 0. The molecule has 0 fully saturated rings. The second kappa shape index (κ2) is 6.22. The van der Waals surface area contributed by atoms with E-state index in [2.05, 4.69) is 15.0 Å². The fraction of sp³-hybridized carbons (Fsp3) is 0.118. The van der Waals surface area contributed by atoms with Crippen molar-refractivity contribution in [1.82, 2.24) is 15.0 Å². The van der Waals surface area contributed by atoms with Crippen LogP contribution in [0.5, 0.6) is 0 Å². The smallest absolute Gasteiger partial charge is 0.0692 e. The molecule has 0 saturated heterocycles. The zero-order chi connectivity index (χ0) is 15.4. The van der Waals surface area contributed by atoms with Gasteiger partial charge in [0.25, 0.3) is 0 Å². The summed E-state index contributed by atoms with van der Waals surface area (Å²) in [5.74, 6) is 0. The van der Waals surface area contributed by atoms with E-state index >= 15 is 0 Å². The molecule has 3 rings (SSSR count). The number of nitrogen functional groups attached to an aromatic ring is 2. The molecule has 0 radical (unpaired) electrons. The minimum Gasteiger partial charge on any atom is -0.397 e. The van der Waals surface area contributed by atoms with E-state index in [1.54, 1.807) is 12.4 Å². The van der Waals surface area contributed by atoms with Crippen LogP contribution in [0.3, 0.4) is 0 Å². The first-order chi connectivity index (χ1) is 10.7. The lowest BCUT2D eigenvalue weighted by Gasteiger charge is -2.06. The van der Waals surface area contributed by atoms with Crippen molar-refractivity contribution in [1.29, 1.82) is 0 Å². The highest BCUT2D eigenvalue weighted by Gasteiger charge is 2.05. The van der Waals surface area contributed by atoms with E-state index in [1.807, 2.05) is 42.6 Å². The quantitative estimate of drug-likeness (QED) is 0.769. The van der Waals surface area contributed by atoms with Crippen LogP contribution in [-0.4, -0.2) is 15.0 Å². The molecule has 0 aromatic carbocycles. The van der Waals surface area contributed by atoms with Gasteiger partial charge in [-0.1, -0.05) is 6.07 Å². The van der Waals surface area contributed by atoms with E-state index in [4.69, 9.17) is 11.5 Å². The highest BCUT2D eigenvalue weighted by atomic mass is 14.8. The zero-order valence-electron chi connectivity index (χ0n) is 12.1. The molecule has 0 spiro atoms. The first-order valence-corrected chi connectivity index (χ1v) is 7.05. The van der Waals surface area contributed by atoms with Crippen LogP contribution < -0.4 is 11.5 Å². The number of rotatable bonds is 4. The van der Waals surface area contributed by atoms with Crippen molar-refractivity contribution in [3.8, 4) is 0 Å². The molecule has 0 aliphatic carbocycles. The van der Waals surface area contributed by atoms with Gasteiger partial charge in [0.05, 0.1) is 22.8 Å². The van der Waals surface area contributed by atoms with E-state index in [0.29, 0.717) is 24.2 Å². The average Bonchev–Trinajstić information content (AvgIpc) is 2.54. The van der Waals surface area contributed by atoms with Gasteiger partial charge in [-0.05, 0) is 35.9 Å². The van der Waals surface area contributed by atoms with Crippen molar-refractivity contribution in [3.05, 3.63) is 77.6 Å². The van der Waals surface area contributed by atoms with E-state index < -0.39 is 0 Å². The highest BCUT2D eigenvalue weighted by molar-refractivity contribution is 5.45. The van der Waals surface area contributed by atoms with Gasteiger partial charge in [-0.3, -0.25) is 15.0 Å². The van der Waals surface area contributed by atoms with E-state index in [1.165, 1.54) is 0 Å². The maximum atomic E-state index is 5.91. The monoisotopic (exact) mass is 291 g/mol. The summed E-state index contributed by atoms with van der Waals surface area (Å²) < 4.78 is 0. The number of nitrogens with zero attached hydrogens (tertiary/aromatic N) is 3. The van der Waals surface area contributed by atoms with Crippen LogP contribution in [-0.2, 0) is 12.8 Å². The van der Waals surface area contributed by atoms with Crippen LogP contribution in [0, 0.1) is 0 Å². The van der Waals surface area contributed by atoms with Gasteiger partial charge in [0.1, 0.15) is 0 Å². The second-order valence-electron chi connectivity index (χ2n) is 5.09. The predicted molar refractivity (Wildman–Crippen MR) is 87.1 cm³/mol. The van der Waals surface area contributed by atoms with Gasteiger partial charge in [-0.15, -0.1) is 0 Å². The lowest BCUT2D eigenvalue weighted by atomic mass is 10.1. The highest BCUT2D eigenvalue weighted by Crippen LogP contribution is 2.15. The van der Waals surface area contributed by atoms with Crippen molar-refractivity contribution in [2.24, 2.45) is 0 Å². The molecule has 4 N–H and O–H groups in total. The Morgan fingerprint density at radius 3 is 1.91 bits per heavy atom. The van der Waals surface area contributed by atoms with Crippen molar-refractivity contribution in [2.45, 2.75) is 12.8 Å². The Morgan fingerprint density at radius 2 is 1.36 bits per heavy atom. The van der Waals surface area contributed by atoms with Gasteiger partial charge in [0, 0.05) is 37.1 Å². The molecule has 0 aliphatic heterocycles. The summed E-state index contributed by atoms with van der Waals surface area (Å²) in [6.45, 7) is 0. The third-order valence-electron chi connectivity index (χ3n) is 3.46. The lowest BCUT2D eigenvalue weighted by Crippen LogP contribution is -2.02. The average molecular weight is 291 g/mol. The van der Waals surface area contributed by atoms with Crippen LogP contribution >= 0.6 is 0 Å². The molecule has 0 bridgehead atoms. The molecule has 0 unspecified atom stereocenters. The second-order valence-corrected chi connectivity index (χ2v) is 5.09. The summed E-state index contributed by atoms with van der Waals surface area (Å²) in [6, 6.07) is 11.4. The number of pyridine rings is 3. The maximum Gasteiger partial charge on any atom is 0.0692 e. The topological polar surface area (TPSA) is 90.7 Å². The van der Waals surface area contributed by atoms with Crippen LogP contribution in [0.1, 0.15) is 22.6 Å². The Labute approximate surface area is 129 Å². The SMILES string of the molecule is Nc1cccnc1Cc1ccc(Cc2ncccc2N)nc1. The molecular formula is C17H17N5. The Hall–Kier alpha value is -2.95. The number of anilines is 2. The van der Waals surface area contributed by atoms with Gasteiger partial charge in [0.15, 0.2) is 0 Å². The Morgan fingerprint density at radius 1 is 0.727 bits per heavy atom. The molecule has 0 atom stereocenters. The molecule has 110 valence electrons. The first kappa shape index (κ1) is 14.0. The summed E-state index contributed by atoms with van der Waals surface area (Å²) in [7, 11) is 0. The maximum absolute atomic E-state index is 5.91. The molecule has 3 heterocycles. The van der Waals surface area contributed by atoms with Gasteiger partial charge in [-0.25, -0.2) is 0 Å². The van der Waals surface area contributed by atoms with Crippen molar-refractivity contribution in [2.75, 3.05) is 11.5 Å². The number of hydrogen-bond donors (Lipinski definition) is 2. The number of aromatic nitrogens is 3. The Bertz CT molecular complexity index is 702. The van der Waals surface area contributed by atoms with Gasteiger partial charge in [0.2, 0.25) is 0 Å². The normalized spacial score (nSPS) is 10.5. The summed E-state index contributed by atoms with van der Waals surface area (Å²) in [5.41, 5.74) is 16.9. The van der Waals surface area contributed by atoms with E-state index in [-0.39, 0.29) is 0 Å². The summed E-state index contributed by atoms with van der Waals surface area (Å²) in [6.07, 6.45) is 6.63. The Balaban J connectivity index is 1.73. The fourth-order valence-corrected chi connectivity index (χ4v) is 2.23. The standard InChI is InChI=1S/C17H17N5/c18-14-3-1-7-20-16(14)9-12-5-6-13(22-11-12)10-17-15(19)4-2-8-21-17/h1-8,11H,9-10,18-19H2. The Kier molecular flexibility index (Phi) is 3.96. The van der Waals surface area contributed by atoms with Crippen LogP contribution in [0.4, 0.5) is 11.4 Å². The van der Waals surface area contributed by atoms with Crippen molar-refractivity contribution < 1.29 is 0 Å². The lowest BCUT2D eigenvalue weighted by molar-refractivity contribution is 0.992. The minimum atomic E-state index is 0.624. The summed E-state index contributed by atoms with van der Waals surface area (Å²) in [5, 5.41) is 0. The largest absolute Gasteiger partial charge is 0.397 e. The fourth-order valence-electron chi connectivity index (χ4n) is 2.23. The molecule has 5 heteroatoms. The van der Waals surface area contributed by atoms with Crippen molar-refractivity contribution in [3.63, 3.8) is 0 Å². The molecule has 0 saturated carbocycles. The molecular weight excluding hydrogens is 274 g/mol. The molecule has 3 aromatic rings. The van der Waals surface area contributed by atoms with Crippen LogP contribution in [0.25, 0.3) is 0 Å². The van der Waals surface area contributed by atoms with Crippen LogP contribution in [0.2, 0.25) is 0 Å². The molecule has 0 amide bonds. The van der Waals surface area contributed by atoms with Gasteiger partial charge in [-0.2, -0.15) is 0 Å². The third kappa shape index (κ3) is 3.20. The zero-order valence-corrected chi connectivity index (χ0v) is 12.1. The third-order valence-corrected chi connectivity index (χ3v) is 3.46. The molecule has 5 nitrogen and oxygen atoms in total. The van der Waals surface area contributed by atoms with Gasteiger partial charge < -0.3 is 11.5 Å². The predicted octanol–water partition coefficient (Wildman–Crippen LogP) is 2.22. The summed E-state index contributed by atoms with van der Waals surface area (Å²) in [4.78, 5) is 13.1. The molecule has 3 aromatic heterocycles. The van der Waals surface area contributed by atoms with Crippen LogP contribution in [0.15, 0.2) is 55.0 Å². The first-order valence-electron chi connectivity index (χ1n) is 7.05.